The maximum Gasteiger partial charge on any atom is 0.409 e. The molecule has 1 aromatic carbocycles. The SMILES string of the molecule is CCOC(=O)N1CC[C@H](NCc2ccccc2Cn2cccn2)C1. The number of ether oxygens (including phenoxy) is 1. The van der Waals surface area contributed by atoms with Crippen molar-refractivity contribution in [1.29, 1.82) is 0 Å². The monoisotopic (exact) mass is 328 g/mol. The van der Waals surface area contributed by atoms with E-state index in [9.17, 15) is 4.79 Å². The van der Waals surface area contributed by atoms with E-state index in [0.29, 0.717) is 19.2 Å². The molecule has 0 radical (unpaired) electrons. The Balaban J connectivity index is 1.55. The Labute approximate surface area is 142 Å². The number of nitrogens with zero attached hydrogens (tertiary/aromatic N) is 3. The van der Waals surface area contributed by atoms with Crippen LogP contribution in [0.4, 0.5) is 4.79 Å². The molecule has 3 rings (SSSR count). The van der Waals surface area contributed by atoms with Crippen molar-refractivity contribution < 1.29 is 9.53 Å². The van der Waals surface area contributed by atoms with Crippen molar-refractivity contribution in [1.82, 2.24) is 20.0 Å². The van der Waals surface area contributed by atoms with Gasteiger partial charge in [-0.3, -0.25) is 4.68 Å². The molecule has 0 bridgehead atoms. The predicted octanol–water partition coefficient (Wildman–Crippen LogP) is 2.25. The summed E-state index contributed by atoms with van der Waals surface area (Å²) in [6.45, 7) is 5.28. The fourth-order valence-electron chi connectivity index (χ4n) is 3.01. The number of hydrogen-bond donors (Lipinski definition) is 1. The van der Waals surface area contributed by atoms with Gasteiger partial charge in [-0.2, -0.15) is 5.10 Å². The summed E-state index contributed by atoms with van der Waals surface area (Å²) in [4.78, 5) is 13.5. The minimum atomic E-state index is -0.208. The van der Waals surface area contributed by atoms with Gasteiger partial charge in [-0.25, -0.2) is 4.79 Å². The number of carbonyl (C=O) groups excluding carboxylic acids is 1. The van der Waals surface area contributed by atoms with Crippen molar-refractivity contribution in [3.8, 4) is 0 Å². The Morgan fingerprint density at radius 1 is 1.33 bits per heavy atom. The highest BCUT2D eigenvalue weighted by Gasteiger charge is 2.26. The molecule has 1 N–H and O–H groups in total. The second-order valence-electron chi connectivity index (χ2n) is 5.98. The van der Waals surface area contributed by atoms with E-state index < -0.39 is 0 Å². The standard InChI is InChI=1S/C18H24N4O2/c1-2-24-18(23)21-11-8-17(14-21)19-12-15-6-3-4-7-16(15)13-22-10-5-9-20-22/h3-7,9-10,17,19H,2,8,11-14H2,1H3/t17-/m0/s1. The van der Waals surface area contributed by atoms with E-state index in [-0.39, 0.29) is 6.09 Å². The Morgan fingerprint density at radius 3 is 2.92 bits per heavy atom. The van der Waals surface area contributed by atoms with Crippen molar-refractivity contribution in [2.24, 2.45) is 0 Å². The average Bonchev–Trinajstić information content (AvgIpc) is 3.26. The molecule has 1 aliphatic heterocycles. The highest BCUT2D eigenvalue weighted by Crippen LogP contribution is 2.14. The van der Waals surface area contributed by atoms with Crippen LogP contribution in [-0.4, -0.2) is 46.5 Å². The molecule has 6 heteroatoms. The maximum absolute atomic E-state index is 11.8. The van der Waals surface area contributed by atoms with E-state index in [4.69, 9.17) is 4.74 Å². The number of carbonyl (C=O) groups is 1. The number of nitrogens with one attached hydrogen (secondary N) is 1. The molecule has 0 aliphatic carbocycles. The van der Waals surface area contributed by atoms with Crippen LogP contribution in [0.2, 0.25) is 0 Å². The van der Waals surface area contributed by atoms with Gasteiger partial charge in [0.1, 0.15) is 0 Å². The molecule has 1 amide bonds. The van der Waals surface area contributed by atoms with Crippen LogP contribution in [0.25, 0.3) is 0 Å². The van der Waals surface area contributed by atoms with Crippen LogP contribution in [0.3, 0.4) is 0 Å². The fourth-order valence-corrected chi connectivity index (χ4v) is 3.01. The van der Waals surface area contributed by atoms with E-state index in [1.54, 1.807) is 11.1 Å². The zero-order valence-electron chi connectivity index (χ0n) is 14.0. The van der Waals surface area contributed by atoms with E-state index >= 15 is 0 Å². The molecule has 1 saturated heterocycles. The minimum Gasteiger partial charge on any atom is -0.450 e. The van der Waals surface area contributed by atoms with E-state index in [1.807, 2.05) is 23.9 Å². The number of likely N-dealkylation sites (tertiary alicyclic amines) is 1. The summed E-state index contributed by atoms with van der Waals surface area (Å²) in [7, 11) is 0. The third-order valence-electron chi connectivity index (χ3n) is 4.31. The molecular formula is C18H24N4O2. The fraction of sp³-hybridized carbons (Fsp3) is 0.444. The van der Waals surface area contributed by atoms with Gasteiger partial charge in [-0.15, -0.1) is 0 Å². The van der Waals surface area contributed by atoms with Crippen molar-refractivity contribution in [2.75, 3.05) is 19.7 Å². The lowest BCUT2D eigenvalue weighted by Gasteiger charge is -2.17. The largest absolute Gasteiger partial charge is 0.450 e. The second-order valence-corrected chi connectivity index (χ2v) is 5.98. The van der Waals surface area contributed by atoms with Gasteiger partial charge >= 0.3 is 6.09 Å². The Hall–Kier alpha value is -2.34. The smallest absolute Gasteiger partial charge is 0.409 e. The number of benzene rings is 1. The average molecular weight is 328 g/mol. The van der Waals surface area contributed by atoms with Gasteiger partial charge in [0.25, 0.3) is 0 Å². The summed E-state index contributed by atoms with van der Waals surface area (Å²) in [5.74, 6) is 0. The molecule has 0 unspecified atom stereocenters. The maximum atomic E-state index is 11.8. The van der Waals surface area contributed by atoms with Gasteiger partial charge in [0.15, 0.2) is 0 Å². The normalized spacial score (nSPS) is 17.2. The molecule has 128 valence electrons. The van der Waals surface area contributed by atoms with Crippen molar-refractivity contribution in [3.63, 3.8) is 0 Å². The number of amides is 1. The molecule has 2 heterocycles. The molecule has 24 heavy (non-hydrogen) atoms. The Morgan fingerprint density at radius 2 is 2.17 bits per heavy atom. The molecule has 0 spiro atoms. The van der Waals surface area contributed by atoms with Gasteiger partial charge in [-0.1, -0.05) is 24.3 Å². The first-order valence-electron chi connectivity index (χ1n) is 8.45. The summed E-state index contributed by atoms with van der Waals surface area (Å²) in [5.41, 5.74) is 2.52. The zero-order chi connectivity index (χ0) is 16.8. The van der Waals surface area contributed by atoms with Gasteiger partial charge in [0, 0.05) is 38.1 Å². The van der Waals surface area contributed by atoms with E-state index in [2.05, 4.69) is 34.7 Å². The zero-order valence-corrected chi connectivity index (χ0v) is 14.0. The number of rotatable bonds is 6. The predicted molar refractivity (Wildman–Crippen MR) is 91.6 cm³/mol. The molecule has 6 nitrogen and oxygen atoms in total. The summed E-state index contributed by atoms with van der Waals surface area (Å²) in [5, 5.41) is 7.84. The highest BCUT2D eigenvalue weighted by molar-refractivity contribution is 5.68. The lowest BCUT2D eigenvalue weighted by molar-refractivity contribution is 0.115. The van der Waals surface area contributed by atoms with Crippen molar-refractivity contribution >= 4 is 6.09 Å². The molecule has 0 saturated carbocycles. The van der Waals surface area contributed by atoms with Crippen LogP contribution in [-0.2, 0) is 17.8 Å². The van der Waals surface area contributed by atoms with Crippen LogP contribution >= 0.6 is 0 Å². The van der Waals surface area contributed by atoms with Gasteiger partial charge in [-0.05, 0) is 30.5 Å². The van der Waals surface area contributed by atoms with Crippen molar-refractivity contribution in [2.45, 2.75) is 32.5 Å². The summed E-state index contributed by atoms with van der Waals surface area (Å²) in [6, 6.07) is 10.6. The quantitative estimate of drug-likeness (QED) is 0.883. The molecule has 1 aliphatic rings. The summed E-state index contributed by atoms with van der Waals surface area (Å²) < 4.78 is 6.99. The molecular weight excluding hydrogens is 304 g/mol. The molecule has 1 atom stereocenters. The minimum absolute atomic E-state index is 0.208. The topological polar surface area (TPSA) is 59.4 Å². The Bertz CT molecular complexity index is 657. The van der Waals surface area contributed by atoms with Gasteiger partial charge in [0.05, 0.1) is 13.2 Å². The number of aromatic nitrogens is 2. The number of hydrogen-bond acceptors (Lipinski definition) is 4. The van der Waals surface area contributed by atoms with Crippen LogP contribution in [0, 0.1) is 0 Å². The van der Waals surface area contributed by atoms with Crippen LogP contribution in [0.15, 0.2) is 42.7 Å². The van der Waals surface area contributed by atoms with Crippen molar-refractivity contribution in [3.05, 3.63) is 53.9 Å². The third kappa shape index (κ3) is 4.14. The molecule has 1 fully saturated rings. The van der Waals surface area contributed by atoms with Gasteiger partial charge in [0.2, 0.25) is 0 Å². The van der Waals surface area contributed by atoms with Crippen LogP contribution < -0.4 is 5.32 Å². The highest BCUT2D eigenvalue weighted by atomic mass is 16.6. The van der Waals surface area contributed by atoms with Crippen LogP contribution in [0.1, 0.15) is 24.5 Å². The lowest BCUT2D eigenvalue weighted by Crippen LogP contribution is -2.35. The first-order chi connectivity index (χ1) is 11.8. The summed E-state index contributed by atoms with van der Waals surface area (Å²) >= 11 is 0. The second kappa shape index (κ2) is 7.97. The van der Waals surface area contributed by atoms with Gasteiger partial charge < -0.3 is 15.0 Å². The van der Waals surface area contributed by atoms with Crippen LogP contribution in [0.5, 0.6) is 0 Å². The first-order valence-corrected chi connectivity index (χ1v) is 8.45. The molecule has 2 aromatic rings. The third-order valence-corrected chi connectivity index (χ3v) is 4.31. The molecule has 1 aromatic heterocycles. The van der Waals surface area contributed by atoms with E-state index in [1.165, 1.54) is 11.1 Å². The lowest BCUT2D eigenvalue weighted by atomic mass is 10.1. The first kappa shape index (κ1) is 16.5. The summed E-state index contributed by atoms with van der Waals surface area (Å²) in [6.07, 6.45) is 4.52. The Kier molecular flexibility index (Phi) is 5.48. The van der Waals surface area contributed by atoms with E-state index in [0.717, 1.165) is 26.1 Å².